The average Bonchev–Trinajstić information content (AvgIpc) is 3.41. The first-order valence-corrected chi connectivity index (χ1v) is 9.32. The maximum Gasteiger partial charge on any atom is 0.0658 e. The van der Waals surface area contributed by atoms with Gasteiger partial charge in [0.1, 0.15) is 0 Å². The Bertz CT molecular complexity index is 1240. The van der Waals surface area contributed by atoms with Crippen LogP contribution in [0.25, 0.3) is 46.4 Å². The van der Waals surface area contributed by atoms with Crippen LogP contribution in [-0.4, -0.2) is 19.9 Å². The summed E-state index contributed by atoms with van der Waals surface area (Å²) in [4.78, 5) is 16.4. The van der Waals surface area contributed by atoms with Crippen LogP contribution in [0.1, 0.15) is 41.7 Å². The van der Waals surface area contributed by atoms with Gasteiger partial charge >= 0.3 is 0 Å². The molecule has 5 rings (SSSR count). The summed E-state index contributed by atoms with van der Waals surface area (Å²) < 4.78 is 0. The van der Waals surface area contributed by atoms with E-state index in [0.29, 0.717) is 0 Å². The van der Waals surface area contributed by atoms with Crippen LogP contribution in [0.5, 0.6) is 0 Å². The first-order chi connectivity index (χ1) is 13.2. The minimum Gasteiger partial charge on any atom is -0.355 e. The van der Waals surface area contributed by atoms with Gasteiger partial charge in [-0.2, -0.15) is 0 Å². The third-order valence-corrected chi connectivity index (χ3v) is 4.77. The molecule has 0 radical (unpaired) electrons. The highest BCUT2D eigenvalue weighted by atomic mass is 14.8. The molecule has 0 unspecified atom stereocenters. The smallest absolute Gasteiger partial charge is 0.0658 e. The van der Waals surface area contributed by atoms with E-state index >= 15 is 0 Å². The highest BCUT2D eigenvalue weighted by Crippen LogP contribution is 2.20. The van der Waals surface area contributed by atoms with Crippen LogP contribution in [-0.2, 0) is 6.42 Å². The molecule has 3 aromatic heterocycles. The molecule has 4 nitrogen and oxygen atoms in total. The highest BCUT2D eigenvalue weighted by Gasteiger charge is 2.04. The van der Waals surface area contributed by atoms with E-state index in [2.05, 4.69) is 65.4 Å². The third kappa shape index (κ3) is 3.22. The summed E-state index contributed by atoms with van der Waals surface area (Å²) in [6, 6.07) is 14.7. The number of aromatic amines is 2. The van der Waals surface area contributed by atoms with Crippen molar-refractivity contribution in [2.75, 3.05) is 0 Å². The Morgan fingerprint density at radius 3 is 1.81 bits per heavy atom. The highest BCUT2D eigenvalue weighted by molar-refractivity contribution is 5.78. The topological polar surface area (TPSA) is 57.4 Å². The summed E-state index contributed by atoms with van der Waals surface area (Å²) in [5.41, 5.74) is 9.39. The number of nitrogens with one attached hydrogen (secondary N) is 2. The number of fused-ring (bicyclic) bond motifs is 8. The van der Waals surface area contributed by atoms with Crippen molar-refractivity contribution >= 4 is 46.4 Å². The zero-order chi connectivity index (χ0) is 18.2. The second-order valence-electron chi connectivity index (χ2n) is 6.95. The van der Waals surface area contributed by atoms with Gasteiger partial charge in [0, 0.05) is 22.1 Å². The quantitative estimate of drug-likeness (QED) is 0.434. The number of nitrogens with zero attached hydrogens (tertiary/aromatic N) is 2. The second-order valence-corrected chi connectivity index (χ2v) is 6.95. The van der Waals surface area contributed by atoms with E-state index in [9.17, 15) is 0 Å². The molecule has 0 spiro atoms. The number of hydrogen-bond donors (Lipinski definition) is 2. The van der Waals surface area contributed by atoms with E-state index in [1.165, 1.54) is 5.56 Å². The number of rotatable bonds is 2. The van der Waals surface area contributed by atoms with Crippen LogP contribution in [0, 0.1) is 0 Å². The molecule has 5 heterocycles. The molecule has 2 aliphatic heterocycles. The largest absolute Gasteiger partial charge is 0.355 e. The maximum atomic E-state index is 4.74. The normalized spacial score (nSPS) is 12.6. The summed E-state index contributed by atoms with van der Waals surface area (Å²) in [5, 5.41) is 0. The Kier molecular flexibility index (Phi) is 3.75. The molecular formula is C23H20N4. The lowest BCUT2D eigenvalue weighted by Crippen LogP contribution is -1.80. The first kappa shape index (κ1) is 15.8. The molecular weight excluding hydrogens is 332 g/mol. The molecule has 132 valence electrons. The van der Waals surface area contributed by atoms with E-state index in [0.717, 1.165) is 57.7 Å². The Labute approximate surface area is 157 Å². The van der Waals surface area contributed by atoms with Crippen molar-refractivity contribution in [3.63, 3.8) is 0 Å². The van der Waals surface area contributed by atoms with Gasteiger partial charge < -0.3 is 9.97 Å². The van der Waals surface area contributed by atoms with Gasteiger partial charge in [-0.05, 0) is 78.8 Å². The Morgan fingerprint density at radius 1 is 0.667 bits per heavy atom. The van der Waals surface area contributed by atoms with Gasteiger partial charge in [-0.25, -0.2) is 9.97 Å². The Hall–Kier alpha value is -3.40. The lowest BCUT2D eigenvalue weighted by atomic mass is 10.1. The van der Waals surface area contributed by atoms with E-state index in [-0.39, 0.29) is 0 Å². The molecule has 8 bridgehead atoms. The minimum absolute atomic E-state index is 0.947. The fraction of sp³-hybridized carbons (Fsp3) is 0.130. The van der Waals surface area contributed by atoms with Gasteiger partial charge in [0.25, 0.3) is 0 Å². The molecule has 0 aromatic carbocycles. The van der Waals surface area contributed by atoms with Crippen molar-refractivity contribution in [1.82, 2.24) is 19.9 Å². The van der Waals surface area contributed by atoms with Crippen LogP contribution >= 0.6 is 0 Å². The fourth-order valence-corrected chi connectivity index (χ4v) is 3.55. The summed E-state index contributed by atoms with van der Waals surface area (Å²) in [5.74, 6) is 0. The standard InChI is InChI=1S/C23H20N4/c1-2-3-15-10-22-13-20-7-6-18(25-20)11-16-4-5-17(24-16)12-19-8-9-21(26-19)14-23(15)27-22/h4-14,24,27H,2-3H2,1H3. The summed E-state index contributed by atoms with van der Waals surface area (Å²) in [6.07, 6.45) is 10.3. The molecule has 3 aromatic rings. The molecule has 0 saturated carbocycles. The van der Waals surface area contributed by atoms with Crippen molar-refractivity contribution < 1.29 is 0 Å². The molecule has 0 amide bonds. The molecule has 0 aliphatic carbocycles. The van der Waals surface area contributed by atoms with Crippen LogP contribution in [0.2, 0.25) is 0 Å². The Morgan fingerprint density at radius 2 is 1.22 bits per heavy atom. The molecule has 0 fully saturated rings. The zero-order valence-corrected chi connectivity index (χ0v) is 15.2. The van der Waals surface area contributed by atoms with Gasteiger partial charge in [-0.3, -0.25) is 0 Å². The van der Waals surface area contributed by atoms with E-state index < -0.39 is 0 Å². The van der Waals surface area contributed by atoms with E-state index in [1.54, 1.807) is 0 Å². The van der Waals surface area contributed by atoms with Gasteiger partial charge in [0.05, 0.1) is 22.8 Å². The Balaban J connectivity index is 1.83. The van der Waals surface area contributed by atoms with Crippen molar-refractivity contribution in [3.8, 4) is 0 Å². The number of H-pyrrole nitrogens is 2. The van der Waals surface area contributed by atoms with Crippen LogP contribution in [0.3, 0.4) is 0 Å². The molecule has 2 N–H and O–H groups in total. The van der Waals surface area contributed by atoms with Crippen LogP contribution < -0.4 is 0 Å². The number of aromatic nitrogens is 4. The predicted octanol–water partition coefficient (Wildman–Crippen LogP) is 5.61. The summed E-state index contributed by atoms with van der Waals surface area (Å²) >= 11 is 0. The van der Waals surface area contributed by atoms with E-state index in [1.807, 2.05) is 18.2 Å². The summed E-state index contributed by atoms with van der Waals surface area (Å²) in [6.45, 7) is 2.20. The molecule has 2 aliphatic rings. The molecule has 27 heavy (non-hydrogen) atoms. The van der Waals surface area contributed by atoms with Crippen molar-refractivity contribution in [2.45, 2.75) is 19.8 Å². The molecule has 0 saturated heterocycles. The van der Waals surface area contributed by atoms with E-state index in [4.69, 9.17) is 9.97 Å². The lowest BCUT2D eigenvalue weighted by molar-refractivity contribution is 0.931. The molecule has 4 heteroatoms. The van der Waals surface area contributed by atoms with Crippen LogP contribution in [0.15, 0.2) is 42.5 Å². The SMILES string of the molecule is CCCc1cc2cc3nc(cc4ccc(cc5nc(cc1[nH]2)C=C5)[nH]4)C=C3. The lowest BCUT2D eigenvalue weighted by Gasteiger charge is -1.92. The zero-order valence-electron chi connectivity index (χ0n) is 15.2. The van der Waals surface area contributed by atoms with Gasteiger partial charge in [0.15, 0.2) is 0 Å². The first-order valence-electron chi connectivity index (χ1n) is 9.32. The van der Waals surface area contributed by atoms with Crippen LogP contribution in [0.4, 0.5) is 0 Å². The fourth-order valence-electron chi connectivity index (χ4n) is 3.55. The van der Waals surface area contributed by atoms with Crippen molar-refractivity contribution in [1.29, 1.82) is 0 Å². The summed E-state index contributed by atoms with van der Waals surface area (Å²) in [7, 11) is 0. The number of aryl methyl sites for hydroxylation is 1. The monoisotopic (exact) mass is 352 g/mol. The average molecular weight is 352 g/mol. The third-order valence-electron chi connectivity index (χ3n) is 4.77. The minimum atomic E-state index is 0.947. The van der Waals surface area contributed by atoms with Gasteiger partial charge in [-0.15, -0.1) is 0 Å². The molecule has 0 atom stereocenters. The van der Waals surface area contributed by atoms with Crippen molar-refractivity contribution in [2.24, 2.45) is 0 Å². The van der Waals surface area contributed by atoms with Gasteiger partial charge in [-0.1, -0.05) is 13.3 Å². The second kappa shape index (κ2) is 6.40. The predicted molar refractivity (Wildman–Crippen MR) is 113 cm³/mol. The van der Waals surface area contributed by atoms with Crippen molar-refractivity contribution in [3.05, 3.63) is 70.8 Å². The van der Waals surface area contributed by atoms with Gasteiger partial charge in [0.2, 0.25) is 0 Å². The maximum absolute atomic E-state index is 4.74. The number of hydrogen-bond acceptors (Lipinski definition) is 2.